The zero-order valence-corrected chi connectivity index (χ0v) is 13.6. The monoisotopic (exact) mass is 341 g/mol. The Morgan fingerprint density at radius 2 is 1.57 bits per heavy atom. The summed E-state index contributed by atoms with van der Waals surface area (Å²) in [6.45, 7) is 0. The molecule has 3 aromatic rings. The Hall–Kier alpha value is -2.29. The lowest BCUT2D eigenvalue weighted by molar-refractivity contribution is 0.482. The van der Waals surface area contributed by atoms with E-state index in [1.807, 2.05) is 54.6 Å². The first-order valence-electron chi connectivity index (χ1n) is 7.03. The molecule has 0 saturated heterocycles. The summed E-state index contributed by atoms with van der Waals surface area (Å²) in [4.78, 5) is 4.39. The maximum atomic E-state index is 6.11. The topological polar surface area (TPSA) is 21.6 Å². The molecule has 0 aliphatic carbocycles. The molecule has 0 radical (unpaired) electrons. The lowest BCUT2D eigenvalue weighted by Crippen LogP contribution is -1.86. The van der Waals surface area contributed by atoms with Crippen LogP contribution in [0.1, 0.15) is 5.56 Å². The van der Waals surface area contributed by atoms with Crippen molar-refractivity contribution in [3.05, 3.63) is 88.4 Å². The zero-order chi connectivity index (χ0) is 16.1. The molecule has 0 unspecified atom stereocenters. The third kappa shape index (κ3) is 4.35. The quantitative estimate of drug-likeness (QED) is 0.494. The van der Waals surface area contributed by atoms with E-state index in [1.54, 1.807) is 24.4 Å². The minimum atomic E-state index is 0.519. The molecular weight excluding hydrogens is 329 g/mol. The van der Waals surface area contributed by atoms with Crippen LogP contribution in [0.4, 0.5) is 5.69 Å². The summed E-state index contributed by atoms with van der Waals surface area (Å²) < 4.78 is 5.81. The van der Waals surface area contributed by atoms with Gasteiger partial charge in [0, 0.05) is 11.2 Å². The third-order valence-electron chi connectivity index (χ3n) is 3.10. The Morgan fingerprint density at radius 1 is 0.783 bits per heavy atom. The van der Waals surface area contributed by atoms with Gasteiger partial charge in [0.1, 0.15) is 11.5 Å². The van der Waals surface area contributed by atoms with E-state index in [2.05, 4.69) is 4.99 Å². The molecule has 0 spiro atoms. The molecule has 0 aromatic heterocycles. The second kappa shape index (κ2) is 7.32. The fourth-order valence-corrected chi connectivity index (χ4v) is 2.47. The van der Waals surface area contributed by atoms with E-state index >= 15 is 0 Å². The van der Waals surface area contributed by atoms with Crippen molar-refractivity contribution in [1.29, 1.82) is 0 Å². The minimum Gasteiger partial charge on any atom is -0.457 e. The molecule has 0 amide bonds. The highest BCUT2D eigenvalue weighted by molar-refractivity contribution is 6.36. The first kappa shape index (κ1) is 15.6. The lowest BCUT2D eigenvalue weighted by atomic mass is 10.2. The zero-order valence-electron chi connectivity index (χ0n) is 12.1. The van der Waals surface area contributed by atoms with Gasteiger partial charge >= 0.3 is 0 Å². The molecule has 0 N–H and O–H groups in total. The van der Waals surface area contributed by atoms with Crippen molar-refractivity contribution in [3.8, 4) is 11.5 Å². The summed E-state index contributed by atoms with van der Waals surface area (Å²) in [5.41, 5.74) is 1.59. The maximum absolute atomic E-state index is 6.11. The van der Waals surface area contributed by atoms with Crippen molar-refractivity contribution < 1.29 is 4.74 Å². The molecule has 4 heteroatoms. The fourth-order valence-electron chi connectivity index (χ4n) is 2.01. The normalized spacial score (nSPS) is 10.9. The number of benzene rings is 3. The molecule has 0 fully saturated rings. The minimum absolute atomic E-state index is 0.519. The fraction of sp³-hybridized carbons (Fsp3) is 0. The van der Waals surface area contributed by atoms with Crippen LogP contribution in [0.3, 0.4) is 0 Å². The van der Waals surface area contributed by atoms with Gasteiger partial charge in [0.25, 0.3) is 0 Å². The number of halogens is 2. The van der Waals surface area contributed by atoms with Crippen LogP contribution in [-0.2, 0) is 0 Å². The van der Waals surface area contributed by atoms with Gasteiger partial charge in [-0.05, 0) is 48.0 Å². The second-order valence-electron chi connectivity index (χ2n) is 4.84. The second-order valence-corrected chi connectivity index (χ2v) is 5.69. The predicted molar refractivity (Wildman–Crippen MR) is 96.7 cm³/mol. The molecule has 23 heavy (non-hydrogen) atoms. The van der Waals surface area contributed by atoms with Crippen molar-refractivity contribution in [2.45, 2.75) is 0 Å². The smallest absolute Gasteiger partial charge is 0.128 e. The predicted octanol–water partition coefficient (Wildman–Crippen LogP) is 6.54. The Balaban J connectivity index is 1.78. The molecular formula is C19H13Cl2NO. The van der Waals surface area contributed by atoms with Gasteiger partial charge in [0.15, 0.2) is 0 Å². The lowest BCUT2D eigenvalue weighted by Gasteiger charge is -2.05. The van der Waals surface area contributed by atoms with Gasteiger partial charge in [-0.15, -0.1) is 0 Å². The van der Waals surface area contributed by atoms with Gasteiger partial charge in [-0.3, -0.25) is 4.99 Å². The maximum Gasteiger partial charge on any atom is 0.128 e. The average molecular weight is 342 g/mol. The van der Waals surface area contributed by atoms with Gasteiger partial charge in [-0.1, -0.05) is 53.5 Å². The van der Waals surface area contributed by atoms with E-state index in [-0.39, 0.29) is 0 Å². The number of nitrogens with zero attached hydrogens (tertiary/aromatic N) is 1. The molecule has 3 rings (SSSR count). The number of rotatable bonds is 4. The Labute approximate surface area is 145 Å². The molecule has 0 atom stereocenters. The third-order valence-corrected chi connectivity index (χ3v) is 3.64. The summed E-state index contributed by atoms with van der Waals surface area (Å²) in [6, 6.07) is 22.5. The van der Waals surface area contributed by atoms with Crippen LogP contribution in [0.5, 0.6) is 11.5 Å². The van der Waals surface area contributed by atoms with Gasteiger partial charge in [-0.2, -0.15) is 0 Å². The van der Waals surface area contributed by atoms with E-state index in [0.717, 1.165) is 17.1 Å². The average Bonchev–Trinajstić information content (AvgIpc) is 2.55. The molecule has 0 bridgehead atoms. The van der Waals surface area contributed by atoms with Gasteiger partial charge < -0.3 is 4.74 Å². The van der Waals surface area contributed by atoms with Crippen LogP contribution < -0.4 is 4.74 Å². The highest BCUT2D eigenvalue weighted by Gasteiger charge is 2.00. The molecule has 3 aromatic carbocycles. The first-order chi connectivity index (χ1) is 11.2. The first-order valence-corrected chi connectivity index (χ1v) is 7.78. The number of para-hydroxylation sites is 1. The molecule has 2 nitrogen and oxygen atoms in total. The summed E-state index contributed by atoms with van der Waals surface area (Å²) in [6.07, 6.45) is 1.74. The van der Waals surface area contributed by atoms with Crippen molar-refractivity contribution in [1.82, 2.24) is 0 Å². The van der Waals surface area contributed by atoms with Crippen LogP contribution in [0.25, 0.3) is 0 Å². The van der Waals surface area contributed by atoms with Crippen molar-refractivity contribution in [2.75, 3.05) is 0 Å². The highest BCUT2D eigenvalue weighted by Crippen LogP contribution is 2.28. The summed E-state index contributed by atoms with van der Waals surface area (Å²) in [7, 11) is 0. The largest absolute Gasteiger partial charge is 0.457 e. The van der Waals surface area contributed by atoms with Crippen molar-refractivity contribution >= 4 is 35.1 Å². The van der Waals surface area contributed by atoms with E-state index in [0.29, 0.717) is 15.7 Å². The van der Waals surface area contributed by atoms with E-state index in [1.165, 1.54) is 0 Å². The van der Waals surface area contributed by atoms with E-state index < -0.39 is 0 Å². The van der Waals surface area contributed by atoms with Crippen LogP contribution in [0, 0.1) is 0 Å². The Morgan fingerprint density at radius 3 is 2.35 bits per heavy atom. The standard InChI is InChI=1S/C19H13Cl2NO/c20-15-9-10-19(18(21)12-15)22-13-14-5-4-8-17(11-14)23-16-6-2-1-3-7-16/h1-13H. The van der Waals surface area contributed by atoms with Crippen LogP contribution >= 0.6 is 23.2 Å². The van der Waals surface area contributed by atoms with Crippen LogP contribution in [0.2, 0.25) is 10.0 Å². The molecule has 114 valence electrons. The van der Waals surface area contributed by atoms with Crippen LogP contribution in [-0.4, -0.2) is 6.21 Å². The van der Waals surface area contributed by atoms with Crippen molar-refractivity contribution in [3.63, 3.8) is 0 Å². The summed E-state index contributed by atoms with van der Waals surface area (Å²) >= 11 is 12.0. The molecule has 0 aliphatic heterocycles. The SMILES string of the molecule is Clc1ccc(N=Cc2cccc(Oc3ccccc3)c2)c(Cl)c1. The number of aliphatic imine (C=N–C) groups is 1. The highest BCUT2D eigenvalue weighted by atomic mass is 35.5. The number of hydrogen-bond acceptors (Lipinski definition) is 2. The van der Waals surface area contributed by atoms with Gasteiger partial charge in [0.05, 0.1) is 10.7 Å². The van der Waals surface area contributed by atoms with Gasteiger partial charge in [-0.25, -0.2) is 0 Å². The molecule has 0 saturated carbocycles. The molecule has 0 heterocycles. The Bertz CT molecular complexity index is 832. The van der Waals surface area contributed by atoms with Crippen LogP contribution in [0.15, 0.2) is 77.8 Å². The molecule has 0 aliphatic rings. The van der Waals surface area contributed by atoms with E-state index in [4.69, 9.17) is 27.9 Å². The number of ether oxygens (including phenoxy) is 1. The summed E-state index contributed by atoms with van der Waals surface area (Å²) in [5, 5.41) is 1.11. The van der Waals surface area contributed by atoms with E-state index in [9.17, 15) is 0 Å². The Kier molecular flexibility index (Phi) is 4.96. The summed E-state index contributed by atoms with van der Waals surface area (Å²) in [5.74, 6) is 1.55. The number of hydrogen-bond donors (Lipinski definition) is 0. The van der Waals surface area contributed by atoms with Gasteiger partial charge in [0.2, 0.25) is 0 Å². The van der Waals surface area contributed by atoms with Crippen molar-refractivity contribution in [2.24, 2.45) is 4.99 Å².